The Bertz CT molecular complexity index is 289. The van der Waals surface area contributed by atoms with Gasteiger partial charge in [0.1, 0.15) is 6.61 Å². The molecule has 1 atom stereocenters. The molecule has 0 aliphatic rings. The predicted octanol–water partition coefficient (Wildman–Crippen LogP) is 1.79. The summed E-state index contributed by atoms with van der Waals surface area (Å²) in [5, 5.41) is 12.4. The van der Waals surface area contributed by atoms with E-state index >= 15 is 0 Å². The molecule has 0 aliphatic carbocycles. The van der Waals surface area contributed by atoms with Gasteiger partial charge in [0.25, 0.3) is 0 Å². The second-order valence-corrected chi connectivity index (χ2v) is 4.73. The topological polar surface area (TPSA) is 59.2 Å². The van der Waals surface area contributed by atoms with Crippen molar-refractivity contribution in [1.29, 1.82) is 0 Å². The minimum Gasteiger partial charge on any atom is -0.388 e. The molecule has 1 rings (SSSR count). The smallest absolute Gasteiger partial charge is 0.227 e. The van der Waals surface area contributed by atoms with Gasteiger partial charge in [0.05, 0.1) is 0 Å². The van der Waals surface area contributed by atoms with Crippen molar-refractivity contribution in [1.82, 2.24) is 10.1 Å². The molecule has 0 spiro atoms. The maximum absolute atomic E-state index is 8.76. The first-order valence-corrected chi connectivity index (χ1v) is 4.86. The van der Waals surface area contributed by atoms with E-state index in [1.54, 1.807) is 0 Å². The summed E-state index contributed by atoms with van der Waals surface area (Å²) < 4.78 is 5.00. The van der Waals surface area contributed by atoms with Crippen molar-refractivity contribution in [3.63, 3.8) is 0 Å². The monoisotopic (exact) mass is 198 g/mol. The highest BCUT2D eigenvalue weighted by molar-refractivity contribution is 4.87. The number of aliphatic hydroxyl groups is 1. The number of aliphatic hydroxyl groups excluding tert-OH is 1. The Hall–Kier alpha value is -0.900. The third-order valence-electron chi connectivity index (χ3n) is 2.61. The van der Waals surface area contributed by atoms with Crippen LogP contribution in [0.1, 0.15) is 39.4 Å². The number of hydrogen-bond acceptors (Lipinski definition) is 4. The van der Waals surface area contributed by atoms with Gasteiger partial charge in [-0.25, -0.2) is 0 Å². The average molecular weight is 198 g/mol. The van der Waals surface area contributed by atoms with Gasteiger partial charge < -0.3 is 9.63 Å². The summed E-state index contributed by atoms with van der Waals surface area (Å²) in [6.45, 7) is 8.54. The molecule has 1 aromatic heterocycles. The average Bonchev–Trinajstić information content (AvgIpc) is 2.50. The Kier molecular flexibility index (Phi) is 3.26. The normalized spacial score (nSPS) is 14.4. The maximum Gasteiger partial charge on any atom is 0.227 e. The minimum absolute atomic E-state index is 0.159. The van der Waals surface area contributed by atoms with Crippen molar-refractivity contribution >= 4 is 0 Å². The van der Waals surface area contributed by atoms with Crippen molar-refractivity contribution < 1.29 is 9.63 Å². The standard InChI is InChI=1S/C10H18N2O2/c1-7(10(2,3)4)5-9-11-8(6-13)12-14-9/h7,13H,5-6H2,1-4H3. The molecule has 1 heterocycles. The van der Waals surface area contributed by atoms with Crippen LogP contribution in [0.3, 0.4) is 0 Å². The fourth-order valence-corrected chi connectivity index (χ4v) is 1.01. The summed E-state index contributed by atoms with van der Waals surface area (Å²) in [6, 6.07) is 0. The Balaban J connectivity index is 2.60. The maximum atomic E-state index is 8.76. The quantitative estimate of drug-likeness (QED) is 0.804. The van der Waals surface area contributed by atoms with Gasteiger partial charge in [-0.05, 0) is 11.3 Å². The van der Waals surface area contributed by atoms with E-state index in [9.17, 15) is 0 Å². The molecular formula is C10H18N2O2. The van der Waals surface area contributed by atoms with Gasteiger partial charge in [0.15, 0.2) is 5.82 Å². The molecule has 0 bridgehead atoms. The van der Waals surface area contributed by atoms with Gasteiger partial charge in [-0.2, -0.15) is 4.98 Å². The lowest BCUT2D eigenvalue weighted by atomic mass is 9.80. The summed E-state index contributed by atoms with van der Waals surface area (Å²) in [6.07, 6.45) is 0.760. The molecule has 0 fully saturated rings. The summed E-state index contributed by atoms with van der Waals surface area (Å²) in [4.78, 5) is 4.05. The third kappa shape index (κ3) is 2.80. The molecule has 0 saturated heterocycles. The van der Waals surface area contributed by atoms with Crippen LogP contribution in [0.4, 0.5) is 0 Å². The second kappa shape index (κ2) is 4.09. The first-order chi connectivity index (χ1) is 6.43. The zero-order chi connectivity index (χ0) is 10.8. The number of nitrogens with zero attached hydrogens (tertiary/aromatic N) is 2. The van der Waals surface area contributed by atoms with Crippen LogP contribution >= 0.6 is 0 Å². The van der Waals surface area contributed by atoms with E-state index in [0.717, 1.165) is 6.42 Å². The van der Waals surface area contributed by atoms with E-state index in [4.69, 9.17) is 9.63 Å². The lowest BCUT2D eigenvalue weighted by molar-refractivity contribution is 0.234. The summed E-state index contributed by atoms with van der Waals surface area (Å²) in [5.41, 5.74) is 0.230. The second-order valence-electron chi connectivity index (χ2n) is 4.73. The van der Waals surface area contributed by atoms with E-state index in [1.807, 2.05) is 0 Å². The van der Waals surface area contributed by atoms with Crippen LogP contribution in [0.25, 0.3) is 0 Å². The Morgan fingerprint density at radius 2 is 2.07 bits per heavy atom. The fraction of sp³-hybridized carbons (Fsp3) is 0.800. The molecular weight excluding hydrogens is 180 g/mol. The highest BCUT2D eigenvalue weighted by atomic mass is 16.5. The lowest BCUT2D eigenvalue weighted by Gasteiger charge is -2.25. The van der Waals surface area contributed by atoms with Gasteiger partial charge in [-0.3, -0.25) is 0 Å². The summed E-state index contributed by atoms with van der Waals surface area (Å²) in [7, 11) is 0. The van der Waals surface area contributed by atoms with E-state index < -0.39 is 0 Å². The largest absolute Gasteiger partial charge is 0.388 e. The van der Waals surface area contributed by atoms with Crippen LogP contribution in [0.15, 0.2) is 4.52 Å². The van der Waals surface area contributed by atoms with Crippen LogP contribution in [-0.2, 0) is 13.0 Å². The Labute approximate surface area is 84.3 Å². The highest BCUT2D eigenvalue weighted by Crippen LogP contribution is 2.27. The van der Waals surface area contributed by atoms with Crippen LogP contribution in [0, 0.1) is 11.3 Å². The highest BCUT2D eigenvalue weighted by Gasteiger charge is 2.22. The molecule has 4 nitrogen and oxygen atoms in total. The number of hydrogen-bond donors (Lipinski definition) is 1. The predicted molar refractivity (Wildman–Crippen MR) is 52.5 cm³/mol. The molecule has 80 valence electrons. The van der Waals surface area contributed by atoms with E-state index in [0.29, 0.717) is 17.6 Å². The van der Waals surface area contributed by atoms with Gasteiger partial charge in [-0.15, -0.1) is 0 Å². The molecule has 0 radical (unpaired) electrons. The van der Waals surface area contributed by atoms with E-state index in [-0.39, 0.29) is 12.0 Å². The number of rotatable bonds is 3. The zero-order valence-electron chi connectivity index (χ0n) is 9.24. The van der Waals surface area contributed by atoms with Crippen molar-refractivity contribution in [3.05, 3.63) is 11.7 Å². The molecule has 0 aliphatic heterocycles. The molecule has 1 N–H and O–H groups in total. The Morgan fingerprint density at radius 3 is 2.50 bits per heavy atom. The lowest BCUT2D eigenvalue weighted by Crippen LogP contribution is -2.19. The van der Waals surface area contributed by atoms with E-state index in [2.05, 4.69) is 37.8 Å². The molecule has 1 unspecified atom stereocenters. The molecule has 1 aromatic rings. The SMILES string of the molecule is CC(Cc1nc(CO)no1)C(C)(C)C. The molecule has 14 heavy (non-hydrogen) atoms. The first kappa shape index (κ1) is 11.2. The van der Waals surface area contributed by atoms with Crippen LogP contribution in [-0.4, -0.2) is 15.2 Å². The van der Waals surface area contributed by atoms with Gasteiger partial charge in [-0.1, -0.05) is 32.9 Å². The van der Waals surface area contributed by atoms with Gasteiger partial charge in [0.2, 0.25) is 5.89 Å². The molecule has 0 amide bonds. The molecule has 0 saturated carbocycles. The minimum atomic E-state index is -0.159. The number of aromatic nitrogens is 2. The van der Waals surface area contributed by atoms with Gasteiger partial charge in [0, 0.05) is 6.42 Å². The summed E-state index contributed by atoms with van der Waals surface area (Å²) in [5.74, 6) is 1.44. The van der Waals surface area contributed by atoms with Crippen molar-refractivity contribution in [2.45, 2.75) is 40.7 Å². The first-order valence-electron chi connectivity index (χ1n) is 4.86. The van der Waals surface area contributed by atoms with Crippen LogP contribution < -0.4 is 0 Å². The van der Waals surface area contributed by atoms with Gasteiger partial charge >= 0.3 is 0 Å². The molecule has 4 heteroatoms. The zero-order valence-corrected chi connectivity index (χ0v) is 9.24. The van der Waals surface area contributed by atoms with E-state index in [1.165, 1.54) is 0 Å². The van der Waals surface area contributed by atoms with Crippen molar-refractivity contribution in [2.24, 2.45) is 11.3 Å². The van der Waals surface area contributed by atoms with Crippen molar-refractivity contribution in [3.8, 4) is 0 Å². The van der Waals surface area contributed by atoms with Crippen LogP contribution in [0.5, 0.6) is 0 Å². The third-order valence-corrected chi connectivity index (χ3v) is 2.61. The Morgan fingerprint density at radius 1 is 1.43 bits per heavy atom. The molecule has 0 aromatic carbocycles. The van der Waals surface area contributed by atoms with Crippen LogP contribution in [0.2, 0.25) is 0 Å². The van der Waals surface area contributed by atoms with Crippen molar-refractivity contribution in [2.75, 3.05) is 0 Å². The summed E-state index contributed by atoms with van der Waals surface area (Å²) >= 11 is 0. The fourth-order valence-electron chi connectivity index (χ4n) is 1.01.